The largest absolute Gasteiger partial charge is 0.454 e. The van der Waals surface area contributed by atoms with Crippen LogP contribution in [0.2, 0.25) is 0 Å². The lowest BCUT2D eigenvalue weighted by molar-refractivity contribution is -0.0532. The summed E-state index contributed by atoms with van der Waals surface area (Å²) in [5.41, 5.74) is 5.12. The van der Waals surface area contributed by atoms with Gasteiger partial charge in [0, 0.05) is 30.7 Å². The second-order valence-corrected chi connectivity index (χ2v) is 8.69. The van der Waals surface area contributed by atoms with Crippen molar-refractivity contribution < 1.29 is 19.1 Å². The van der Waals surface area contributed by atoms with Crippen molar-refractivity contribution in [1.82, 2.24) is 9.97 Å². The Morgan fingerprint density at radius 3 is 1.79 bits per heavy atom. The molecule has 0 spiro atoms. The number of hydrogen-bond acceptors (Lipinski definition) is 4. The van der Waals surface area contributed by atoms with Crippen LogP contribution < -0.4 is 0 Å². The molecule has 0 bridgehead atoms. The van der Waals surface area contributed by atoms with Crippen molar-refractivity contribution in [3.8, 4) is 0 Å². The van der Waals surface area contributed by atoms with E-state index in [1.165, 1.54) is 0 Å². The molecule has 1 aliphatic rings. The summed E-state index contributed by atoms with van der Waals surface area (Å²) in [5.74, 6) is -1.38. The Kier molecular flexibility index (Phi) is 5.80. The normalized spacial score (nSPS) is 21.5. The topological polar surface area (TPSA) is 84.2 Å². The molecule has 0 saturated carbocycles. The van der Waals surface area contributed by atoms with E-state index >= 15 is 0 Å². The van der Waals surface area contributed by atoms with E-state index in [2.05, 4.69) is 28.2 Å². The van der Waals surface area contributed by atoms with Crippen molar-refractivity contribution >= 4 is 11.9 Å². The third-order valence-electron chi connectivity index (χ3n) is 6.64. The van der Waals surface area contributed by atoms with Crippen LogP contribution >= 0.6 is 0 Å². The van der Waals surface area contributed by atoms with Crippen LogP contribution in [0.15, 0.2) is 85.5 Å². The minimum absolute atomic E-state index is 0.177. The predicted octanol–water partition coefficient (Wildman–Crippen LogP) is 5.35. The van der Waals surface area contributed by atoms with Crippen molar-refractivity contribution in [2.75, 3.05) is 0 Å². The lowest BCUT2D eigenvalue weighted by atomic mass is 9.70. The molecule has 6 nitrogen and oxygen atoms in total. The number of rotatable bonds is 5. The summed E-state index contributed by atoms with van der Waals surface area (Å²) in [6.07, 6.45) is 5.17. The highest BCUT2D eigenvalue weighted by Gasteiger charge is 2.46. The first-order valence-electron chi connectivity index (χ1n) is 11.4. The van der Waals surface area contributed by atoms with Gasteiger partial charge in [-0.1, -0.05) is 55.5 Å². The first kappa shape index (κ1) is 21.8. The lowest BCUT2D eigenvalue weighted by Gasteiger charge is -2.42. The zero-order valence-corrected chi connectivity index (χ0v) is 19.0. The van der Waals surface area contributed by atoms with Gasteiger partial charge in [-0.2, -0.15) is 0 Å². The van der Waals surface area contributed by atoms with Crippen LogP contribution in [0.5, 0.6) is 0 Å². The highest BCUT2D eigenvalue weighted by molar-refractivity contribution is 5.90. The molecule has 0 amide bonds. The van der Waals surface area contributed by atoms with E-state index in [-0.39, 0.29) is 11.8 Å². The van der Waals surface area contributed by atoms with Crippen LogP contribution in [-0.4, -0.2) is 34.1 Å². The molecule has 0 radical (unpaired) electrons. The number of nitrogens with one attached hydrogen (secondary N) is 2. The third-order valence-corrected chi connectivity index (χ3v) is 6.64. The number of benzene rings is 2. The Balaban J connectivity index is 1.63. The number of carbonyl (C=O) groups is 2. The number of aromatic nitrogens is 2. The molecule has 0 saturated heterocycles. The number of fused-ring (bicyclic) bond motifs is 1. The molecule has 4 aromatic rings. The molecule has 1 aliphatic carbocycles. The van der Waals surface area contributed by atoms with Crippen LogP contribution in [-0.2, 0) is 9.47 Å². The second kappa shape index (κ2) is 9.06. The number of aromatic amines is 2. The summed E-state index contributed by atoms with van der Waals surface area (Å²) in [5, 5.41) is 0. The van der Waals surface area contributed by atoms with E-state index in [1.54, 1.807) is 36.9 Å². The third kappa shape index (κ3) is 3.92. The van der Waals surface area contributed by atoms with E-state index in [4.69, 9.17) is 9.47 Å². The van der Waals surface area contributed by atoms with Gasteiger partial charge in [-0.15, -0.1) is 0 Å². The molecule has 2 aromatic heterocycles. The number of carbonyl (C=O) groups excluding carboxylic acids is 2. The predicted molar refractivity (Wildman–Crippen MR) is 128 cm³/mol. The molecule has 6 heteroatoms. The maximum Gasteiger partial charge on any atom is 0.340 e. The van der Waals surface area contributed by atoms with Gasteiger partial charge in [0.25, 0.3) is 0 Å². The van der Waals surface area contributed by atoms with Crippen molar-refractivity contribution in [2.24, 2.45) is 0 Å². The maximum atomic E-state index is 13.1. The number of esters is 2. The molecule has 4 atom stereocenters. The van der Waals surface area contributed by atoms with E-state index in [0.717, 1.165) is 22.3 Å². The molecule has 2 N–H and O–H groups in total. The number of aryl methyl sites for hydroxylation is 1. The smallest absolute Gasteiger partial charge is 0.340 e. The molecule has 2 aromatic carbocycles. The zero-order valence-electron chi connectivity index (χ0n) is 19.0. The van der Waals surface area contributed by atoms with Crippen molar-refractivity contribution in [3.63, 3.8) is 0 Å². The molecule has 2 unspecified atom stereocenters. The Bertz CT molecular complexity index is 1290. The van der Waals surface area contributed by atoms with Crippen molar-refractivity contribution in [1.29, 1.82) is 0 Å². The molecule has 0 fully saturated rings. The van der Waals surface area contributed by atoms with Crippen LogP contribution in [0.3, 0.4) is 0 Å². The Hall–Kier alpha value is -4.06. The van der Waals surface area contributed by atoms with Gasteiger partial charge < -0.3 is 19.4 Å². The van der Waals surface area contributed by atoms with Gasteiger partial charge in [0.2, 0.25) is 0 Å². The van der Waals surface area contributed by atoms with Crippen LogP contribution in [0.1, 0.15) is 61.7 Å². The average Bonchev–Trinajstić information content (AvgIpc) is 3.57. The molecule has 34 heavy (non-hydrogen) atoms. The van der Waals surface area contributed by atoms with E-state index in [0.29, 0.717) is 11.1 Å². The summed E-state index contributed by atoms with van der Waals surface area (Å²) in [6.45, 7) is 4.06. The first-order valence-corrected chi connectivity index (χ1v) is 11.4. The Morgan fingerprint density at radius 1 is 0.706 bits per heavy atom. The monoisotopic (exact) mass is 454 g/mol. The molecule has 0 aliphatic heterocycles. The Labute approximate surface area is 197 Å². The minimum atomic E-state index is -0.712. The van der Waals surface area contributed by atoms with Crippen LogP contribution in [0, 0.1) is 6.92 Å². The molecule has 172 valence electrons. The summed E-state index contributed by atoms with van der Waals surface area (Å²) in [6, 6.07) is 19.5. The van der Waals surface area contributed by atoms with Gasteiger partial charge in [0.1, 0.15) is 6.10 Å². The fraction of sp³-hybridized carbons (Fsp3) is 0.214. The van der Waals surface area contributed by atoms with E-state index in [9.17, 15) is 9.59 Å². The van der Waals surface area contributed by atoms with Gasteiger partial charge >= 0.3 is 11.9 Å². The van der Waals surface area contributed by atoms with Gasteiger partial charge in [0.15, 0.2) is 6.10 Å². The molecular formula is C28H26N2O4. The minimum Gasteiger partial charge on any atom is -0.454 e. The van der Waals surface area contributed by atoms with Crippen molar-refractivity contribution in [3.05, 3.63) is 119 Å². The lowest BCUT2D eigenvalue weighted by Crippen LogP contribution is -2.46. The summed E-state index contributed by atoms with van der Waals surface area (Å²) >= 11 is 0. The van der Waals surface area contributed by atoms with Crippen molar-refractivity contribution in [2.45, 2.75) is 37.9 Å². The van der Waals surface area contributed by atoms with Gasteiger partial charge in [-0.05, 0) is 41.3 Å². The summed E-state index contributed by atoms with van der Waals surface area (Å²) in [7, 11) is 0. The fourth-order valence-corrected chi connectivity index (χ4v) is 4.91. The average molecular weight is 455 g/mol. The standard InChI is InChI=1S/C28H26N2O4/c1-17-7-3-4-8-21(17)24-23-10-6-5-9-22(23)18(2)25(33-27(31)19-11-13-29-15-19)26(24)34-28(32)20-12-14-30-16-20/h3-16,18,24-26,29-30H,1-2H3/t18-,24-,25?,26?/m0/s1. The van der Waals surface area contributed by atoms with E-state index < -0.39 is 24.1 Å². The number of H-pyrrole nitrogens is 2. The number of hydrogen-bond donors (Lipinski definition) is 2. The molecule has 2 heterocycles. The fourth-order valence-electron chi connectivity index (χ4n) is 4.91. The van der Waals surface area contributed by atoms with Gasteiger partial charge in [-0.3, -0.25) is 0 Å². The van der Waals surface area contributed by atoms with Gasteiger partial charge in [0.05, 0.1) is 17.0 Å². The first-order chi connectivity index (χ1) is 16.5. The quantitative estimate of drug-likeness (QED) is 0.398. The molecular weight excluding hydrogens is 428 g/mol. The molecule has 5 rings (SSSR count). The van der Waals surface area contributed by atoms with Crippen LogP contribution in [0.25, 0.3) is 0 Å². The highest BCUT2D eigenvalue weighted by Crippen LogP contribution is 2.46. The zero-order chi connectivity index (χ0) is 23.7. The Morgan fingerprint density at radius 2 is 1.24 bits per heavy atom. The highest BCUT2D eigenvalue weighted by atomic mass is 16.6. The van der Waals surface area contributed by atoms with E-state index in [1.807, 2.05) is 44.2 Å². The second-order valence-electron chi connectivity index (χ2n) is 8.69. The number of ether oxygens (including phenoxy) is 2. The SMILES string of the molecule is Cc1ccccc1[C@H]1c2ccccc2[C@H](C)C(OC(=O)c2cc[nH]c2)C1OC(=O)c1cc[nH]c1. The summed E-state index contributed by atoms with van der Waals surface area (Å²) < 4.78 is 12.3. The van der Waals surface area contributed by atoms with Crippen LogP contribution in [0.4, 0.5) is 0 Å². The maximum absolute atomic E-state index is 13.1. The summed E-state index contributed by atoms with van der Waals surface area (Å²) in [4.78, 5) is 31.9. The van der Waals surface area contributed by atoms with Gasteiger partial charge in [-0.25, -0.2) is 9.59 Å².